The number of rotatable bonds is 3. The molecule has 22 heavy (non-hydrogen) atoms. The Morgan fingerprint density at radius 2 is 2.14 bits per heavy atom. The first-order valence-corrected chi connectivity index (χ1v) is 7.92. The molecule has 1 atom stereocenters. The van der Waals surface area contributed by atoms with Gasteiger partial charge in [0.05, 0.1) is 10.7 Å². The van der Waals surface area contributed by atoms with Gasteiger partial charge in [-0.2, -0.15) is 0 Å². The van der Waals surface area contributed by atoms with Crippen LogP contribution in [0.15, 0.2) is 10.9 Å². The molecule has 1 aromatic heterocycles. The van der Waals surface area contributed by atoms with Crippen LogP contribution in [0, 0.1) is 5.92 Å². The summed E-state index contributed by atoms with van der Waals surface area (Å²) in [4.78, 5) is 39.0. The number of hydrogen-bond acceptors (Lipinski definition) is 3. The highest BCUT2D eigenvalue weighted by Crippen LogP contribution is 2.19. The van der Waals surface area contributed by atoms with Gasteiger partial charge in [-0.3, -0.25) is 14.2 Å². The van der Waals surface area contributed by atoms with Crippen molar-refractivity contribution in [2.75, 3.05) is 0 Å². The first kappa shape index (κ1) is 14.8. The van der Waals surface area contributed by atoms with Crippen LogP contribution in [0.1, 0.15) is 45.4 Å². The standard InChI is InChI=1S/C17H20N2O3/c1-2-15(20)12-9-14-13(10-16(12)21)18-17(22)19(14)11-7-5-3-4-6-8-11/h7,9-10,12H,2-6,8H2,1H3,(H,18,22). The van der Waals surface area contributed by atoms with Crippen LogP contribution >= 0.6 is 0 Å². The van der Waals surface area contributed by atoms with Crippen LogP contribution in [-0.4, -0.2) is 21.1 Å². The molecule has 0 bridgehead atoms. The first-order chi connectivity index (χ1) is 10.6. The van der Waals surface area contributed by atoms with Crippen LogP contribution in [0.5, 0.6) is 0 Å². The lowest BCUT2D eigenvalue weighted by molar-refractivity contribution is -0.127. The molecule has 0 aliphatic heterocycles. The maximum absolute atomic E-state index is 12.3. The number of carbonyl (C=O) groups excluding carboxylic acids is 2. The van der Waals surface area contributed by atoms with Crippen molar-refractivity contribution in [2.45, 2.75) is 45.4 Å². The number of aromatic nitrogens is 2. The molecule has 5 nitrogen and oxygen atoms in total. The summed E-state index contributed by atoms with van der Waals surface area (Å²) in [5, 5.41) is 1.17. The third-order valence-corrected chi connectivity index (χ3v) is 4.38. The van der Waals surface area contributed by atoms with Gasteiger partial charge < -0.3 is 4.98 Å². The molecule has 2 aliphatic rings. The number of carbonyl (C=O) groups is 2. The number of H-pyrrole nitrogens is 1. The summed E-state index contributed by atoms with van der Waals surface area (Å²) < 4.78 is 1.64. The van der Waals surface area contributed by atoms with Crippen molar-refractivity contribution < 1.29 is 9.59 Å². The molecule has 0 saturated carbocycles. The minimum Gasteiger partial charge on any atom is -0.305 e. The van der Waals surface area contributed by atoms with E-state index in [9.17, 15) is 14.4 Å². The lowest BCUT2D eigenvalue weighted by Crippen LogP contribution is -2.39. The fourth-order valence-electron chi connectivity index (χ4n) is 3.17. The zero-order valence-electron chi connectivity index (χ0n) is 12.7. The van der Waals surface area contributed by atoms with Crippen molar-refractivity contribution in [1.29, 1.82) is 0 Å². The molecule has 1 N–H and O–H groups in total. The minimum absolute atomic E-state index is 0.109. The summed E-state index contributed by atoms with van der Waals surface area (Å²) in [6.45, 7) is 1.75. The van der Waals surface area contributed by atoms with E-state index in [0.717, 1.165) is 37.8 Å². The van der Waals surface area contributed by atoms with E-state index in [0.29, 0.717) is 17.1 Å². The average Bonchev–Trinajstić information content (AvgIpc) is 2.69. The molecule has 116 valence electrons. The molecule has 3 rings (SSSR count). The van der Waals surface area contributed by atoms with Gasteiger partial charge in [-0.05, 0) is 31.8 Å². The summed E-state index contributed by atoms with van der Waals surface area (Å²) in [7, 11) is 0. The monoisotopic (exact) mass is 300 g/mol. The van der Waals surface area contributed by atoms with E-state index in [2.05, 4.69) is 11.1 Å². The third kappa shape index (κ3) is 2.51. The molecule has 0 radical (unpaired) electrons. The number of hydrogen-bond donors (Lipinski definition) is 1. The van der Waals surface area contributed by atoms with E-state index in [-0.39, 0.29) is 17.3 Å². The zero-order valence-corrected chi connectivity index (χ0v) is 12.7. The number of Topliss-reactive ketones (excluding diaryl/α,β-unsaturated/α-hetero) is 2. The normalized spacial score (nSPS) is 21.2. The number of nitrogens with one attached hydrogen (secondary N) is 1. The maximum atomic E-state index is 12.3. The highest BCUT2D eigenvalue weighted by Gasteiger charge is 2.25. The van der Waals surface area contributed by atoms with Crippen molar-refractivity contribution in [3.8, 4) is 0 Å². The van der Waals surface area contributed by atoms with E-state index in [1.165, 1.54) is 6.08 Å². The number of fused-ring (bicyclic) bond motifs is 1. The Labute approximate surface area is 128 Å². The summed E-state index contributed by atoms with van der Waals surface area (Å²) in [6, 6.07) is 0. The SMILES string of the molecule is CCC(=O)C1C=c2c([nH]c(=O)n2C2=CCCCCC2)=CC1=O. The Balaban J connectivity index is 2.18. The van der Waals surface area contributed by atoms with Gasteiger partial charge in [0.25, 0.3) is 0 Å². The average molecular weight is 300 g/mol. The number of nitrogens with zero attached hydrogens (tertiary/aromatic N) is 1. The van der Waals surface area contributed by atoms with Crippen LogP contribution in [-0.2, 0) is 9.59 Å². The Morgan fingerprint density at radius 1 is 1.32 bits per heavy atom. The quantitative estimate of drug-likeness (QED) is 0.836. The molecule has 2 aliphatic carbocycles. The third-order valence-electron chi connectivity index (χ3n) is 4.38. The fourth-order valence-corrected chi connectivity index (χ4v) is 3.17. The van der Waals surface area contributed by atoms with E-state index >= 15 is 0 Å². The predicted octanol–water partition coefficient (Wildman–Crippen LogP) is 0.720. The Hall–Kier alpha value is -2.17. The lowest BCUT2D eigenvalue weighted by atomic mass is 9.94. The minimum atomic E-state index is -0.759. The van der Waals surface area contributed by atoms with E-state index in [1.54, 1.807) is 17.6 Å². The zero-order chi connectivity index (χ0) is 15.7. The van der Waals surface area contributed by atoms with E-state index in [4.69, 9.17) is 0 Å². The molecule has 0 amide bonds. The molecule has 0 aromatic carbocycles. The van der Waals surface area contributed by atoms with Crippen LogP contribution in [0.2, 0.25) is 0 Å². The predicted molar refractivity (Wildman–Crippen MR) is 84.4 cm³/mol. The van der Waals surface area contributed by atoms with Crippen molar-refractivity contribution in [1.82, 2.24) is 9.55 Å². The molecule has 0 spiro atoms. The van der Waals surface area contributed by atoms with Crippen LogP contribution in [0.4, 0.5) is 0 Å². The Bertz CT molecular complexity index is 823. The molecule has 5 heteroatoms. The van der Waals surface area contributed by atoms with Crippen molar-refractivity contribution in [3.63, 3.8) is 0 Å². The number of allylic oxidation sites excluding steroid dienone is 2. The molecule has 1 unspecified atom stereocenters. The van der Waals surface area contributed by atoms with Crippen LogP contribution in [0.3, 0.4) is 0 Å². The lowest BCUT2D eigenvalue weighted by Gasteiger charge is -2.11. The molecule has 0 saturated heterocycles. The number of ketones is 2. The van der Waals surface area contributed by atoms with Crippen molar-refractivity contribution >= 4 is 29.4 Å². The van der Waals surface area contributed by atoms with Crippen LogP contribution < -0.4 is 16.4 Å². The van der Waals surface area contributed by atoms with Gasteiger partial charge in [0.15, 0.2) is 5.78 Å². The van der Waals surface area contributed by atoms with Crippen molar-refractivity contribution in [2.24, 2.45) is 5.92 Å². The Morgan fingerprint density at radius 3 is 2.91 bits per heavy atom. The first-order valence-electron chi connectivity index (χ1n) is 7.92. The summed E-state index contributed by atoms with van der Waals surface area (Å²) in [5.74, 6) is -1.12. The largest absolute Gasteiger partial charge is 0.330 e. The second kappa shape index (κ2) is 5.91. The number of aromatic amines is 1. The summed E-state index contributed by atoms with van der Waals surface area (Å²) in [5.41, 5.74) is 0.741. The van der Waals surface area contributed by atoms with Gasteiger partial charge in [0, 0.05) is 18.2 Å². The smallest absolute Gasteiger partial charge is 0.305 e. The maximum Gasteiger partial charge on any atom is 0.330 e. The van der Waals surface area contributed by atoms with Gasteiger partial charge in [0.1, 0.15) is 11.7 Å². The van der Waals surface area contributed by atoms with Crippen molar-refractivity contribution in [3.05, 3.63) is 27.3 Å². The Kier molecular flexibility index (Phi) is 3.96. The fraction of sp³-hybridized carbons (Fsp3) is 0.471. The highest BCUT2D eigenvalue weighted by molar-refractivity contribution is 6.21. The summed E-state index contributed by atoms with van der Waals surface area (Å²) >= 11 is 0. The second-order valence-corrected chi connectivity index (χ2v) is 5.87. The van der Waals surface area contributed by atoms with Crippen LogP contribution in [0.25, 0.3) is 17.8 Å². The second-order valence-electron chi connectivity index (χ2n) is 5.87. The van der Waals surface area contributed by atoms with E-state index < -0.39 is 5.92 Å². The molecular formula is C17H20N2O3. The van der Waals surface area contributed by atoms with Gasteiger partial charge >= 0.3 is 5.69 Å². The summed E-state index contributed by atoms with van der Waals surface area (Å²) in [6.07, 6.45) is 10.6. The topological polar surface area (TPSA) is 71.9 Å². The van der Waals surface area contributed by atoms with Gasteiger partial charge in [-0.15, -0.1) is 0 Å². The molecule has 0 fully saturated rings. The molecule has 1 heterocycles. The van der Waals surface area contributed by atoms with Gasteiger partial charge in [-0.1, -0.05) is 19.4 Å². The highest BCUT2D eigenvalue weighted by atomic mass is 16.2. The van der Waals surface area contributed by atoms with E-state index in [1.807, 2.05) is 0 Å². The van der Waals surface area contributed by atoms with Gasteiger partial charge in [0.2, 0.25) is 0 Å². The number of imidazole rings is 1. The molecular weight excluding hydrogens is 280 g/mol. The van der Waals surface area contributed by atoms with Gasteiger partial charge in [-0.25, -0.2) is 4.79 Å². The molecule has 1 aromatic rings.